The Balaban J connectivity index is 1.46. The lowest BCUT2D eigenvalue weighted by atomic mass is 10.2. The molecule has 1 saturated heterocycles. The first-order valence-corrected chi connectivity index (χ1v) is 12.1. The minimum absolute atomic E-state index is 0.0841. The van der Waals surface area contributed by atoms with E-state index in [1.165, 1.54) is 23.9 Å². The Kier molecular flexibility index (Phi) is 6.36. The average Bonchev–Trinajstić information content (AvgIpc) is 3.10. The predicted octanol–water partition coefficient (Wildman–Crippen LogP) is 5.31. The van der Waals surface area contributed by atoms with Crippen molar-refractivity contribution in [1.29, 1.82) is 0 Å². The first-order chi connectivity index (χ1) is 15.3. The van der Waals surface area contributed by atoms with Gasteiger partial charge in [-0.3, -0.25) is 4.79 Å². The van der Waals surface area contributed by atoms with E-state index >= 15 is 0 Å². The summed E-state index contributed by atoms with van der Waals surface area (Å²) in [5, 5.41) is 3.79. The first-order valence-electron chi connectivity index (χ1n) is 9.45. The number of nitrogens with one attached hydrogen (secondary N) is 1. The predicted molar refractivity (Wildman–Crippen MR) is 128 cm³/mol. The summed E-state index contributed by atoms with van der Waals surface area (Å²) in [6, 6.07) is 19.8. The molecule has 0 radical (unpaired) electrons. The fourth-order valence-electron chi connectivity index (χ4n) is 2.76. The van der Waals surface area contributed by atoms with Gasteiger partial charge in [0.05, 0.1) is 10.6 Å². The number of rotatable bonds is 5. The third-order valence-electron chi connectivity index (χ3n) is 4.40. The third kappa shape index (κ3) is 5.40. The van der Waals surface area contributed by atoms with Gasteiger partial charge in [-0.05, 0) is 78.9 Å². The number of aliphatic imine (C=N–C) groups is 1. The topological polar surface area (TPSA) is 84.8 Å². The summed E-state index contributed by atoms with van der Waals surface area (Å²) >= 11 is 7.09. The normalized spacial score (nSPS) is 16.4. The minimum Gasteiger partial charge on any atom is -0.379 e. The highest BCUT2D eigenvalue weighted by Crippen LogP contribution is 2.29. The highest BCUT2D eigenvalue weighted by atomic mass is 35.5. The maximum Gasteiger partial charge on any atom is 0.339 e. The van der Waals surface area contributed by atoms with E-state index in [4.69, 9.17) is 15.8 Å². The van der Waals surface area contributed by atoms with E-state index in [9.17, 15) is 13.2 Å². The first kappa shape index (κ1) is 22.1. The maximum atomic E-state index is 12.4. The molecule has 1 aliphatic rings. The highest BCUT2D eigenvalue weighted by Gasteiger charge is 2.24. The number of amides is 1. The smallest absolute Gasteiger partial charge is 0.339 e. The lowest BCUT2D eigenvalue weighted by molar-refractivity contribution is -0.115. The molecule has 1 heterocycles. The van der Waals surface area contributed by atoms with Gasteiger partial charge in [-0.15, -0.1) is 0 Å². The van der Waals surface area contributed by atoms with Crippen molar-refractivity contribution >= 4 is 56.3 Å². The van der Waals surface area contributed by atoms with Crippen molar-refractivity contribution in [2.45, 2.75) is 11.8 Å². The molecular weight excluding hydrogens is 468 g/mol. The van der Waals surface area contributed by atoms with Crippen LogP contribution in [0, 0.1) is 6.92 Å². The fourth-order valence-corrected chi connectivity index (χ4v) is 4.66. The molecule has 0 aromatic heterocycles. The molecule has 0 aliphatic carbocycles. The molecule has 0 spiro atoms. The van der Waals surface area contributed by atoms with Crippen LogP contribution in [0.15, 0.2) is 87.6 Å². The summed E-state index contributed by atoms with van der Waals surface area (Å²) in [4.78, 5) is 17.2. The monoisotopic (exact) mass is 484 g/mol. The van der Waals surface area contributed by atoms with E-state index in [1.54, 1.807) is 66.7 Å². The number of aryl methyl sites for hydroxylation is 1. The van der Waals surface area contributed by atoms with Crippen LogP contribution in [0.2, 0.25) is 5.02 Å². The van der Waals surface area contributed by atoms with Crippen LogP contribution in [-0.2, 0) is 14.9 Å². The summed E-state index contributed by atoms with van der Waals surface area (Å²) in [6.07, 6.45) is 1.70. The number of carbonyl (C=O) groups excluding carboxylic acids is 1. The van der Waals surface area contributed by atoms with Gasteiger partial charge in [0.2, 0.25) is 0 Å². The summed E-state index contributed by atoms with van der Waals surface area (Å²) in [5.41, 5.74) is 2.35. The Morgan fingerprint density at radius 1 is 0.969 bits per heavy atom. The van der Waals surface area contributed by atoms with Crippen molar-refractivity contribution in [2.24, 2.45) is 4.99 Å². The molecule has 1 amide bonds. The molecule has 1 N–H and O–H groups in total. The van der Waals surface area contributed by atoms with Crippen molar-refractivity contribution in [1.82, 2.24) is 5.32 Å². The van der Waals surface area contributed by atoms with Crippen LogP contribution in [-0.4, -0.2) is 19.5 Å². The molecule has 9 heteroatoms. The minimum atomic E-state index is -3.92. The molecule has 4 rings (SSSR count). The van der Waals surface area contributed by atoms with Gasteiger partial charge in [0.15, 0.2) is 5.17 Å². The fraction of sp³-hybridized carbons (Fsp3) is 0.0435. The Morgan fingerprint density at radius 2 is 1.62 bits per heavy atom. The second-order valence-electron chi connectivity index (χ2n) is 6.88. The van der Waals surface area contributed by atoms with Gasteiger partial charge in [-0.1, -0.05) is 41.4 Å². The van der Waals surface area contributed by atoms with Gasteiger partial charge in [-0.25, -0.2) is 4.99 Å². The summed E-state index contributed by atoms with van der Waals surface area (Å²) in [5.74, 6) is -0.0776. The van der Waals surface area contributed by atoms with Gasteiger partial charge >= 0.3 is 10.1 Å². The van der Waals surface area contributed by atoms with Gasteiger partial charge in [-0.2, -0.15) is 8.42 Å². The number of carbonyl (C=O) groups is 1. The van der Waals surface area contributed by atoms with Crippen LogP contribution in [0.4, 0.5) is 5.69 Å². The lowest BCUT2D eigenvalue weighted by Gasteiger charge is -2.07. The molecule has 6 nitrogen and oxygen atoms in total. The van der Waals surface area contributed by atoms with E-state index in [2.05, 4.69) is 10.3 Å². The van der Waals surface area contributed by atoms with Crippen LogP contribution < -0.4 is 9.50 Å². The Hall–Kier alpha value is -3.07. The lowest BCUT2D eigenvalue weighted by Crippen LogP contribution is -2.19. The summed E-state index contributed by atoms with van der Waals surface area (Å²) < 4.78 is 30.0. The molecule has 0 bridgehead atoms. The molecule has 32 heavy (non-hydrogen) atoms. The van der Waals surface area contributed by atoms with E-state index in [1.807, 2.05) is 6.92 Å². The molecule has 1 fully saturated rings. The largest absolute Gasteiger partial charge is 0.379 e. The van der Waals surface area contributed by atoms with E-state index in [0.717, 1.165) is 11.1 Å². The van der Waals surface area contributed by atoms with Crippen LogP contribution in [0.5, 0.6) is 5.75 Å². The Labute approximate surface area is 195 Å². The van der Waals surface area contributed by atoms with Gasteiger partial charge in [0, 0.05) is 5.02 Å². The second kappa shape index (κ2) is 9.20. The molecule has 3 aromatic rings. The zero-order valence-electron chi connectivity index (χ0n) is 16.8. The quantitative estimate of drug-likeness (QED) is 0.392. The number of hydrogen-bond donors (Lipinski definition) is 1. The van der Waals surface area contributed by atoms with E-state index < -0.39 is 10.1 Å². The van der Waals surface area contributed by atoms with E-state index in [-0.39, 0.29) is 16.6 Å². The number of hydrogen-bond acceptors (Lipinski definition) is 6. The van der Waals surface area contributed by atoms with Crippen LogP contribution in [0.25, 0.3) is 6.08 Å². The number of amidine groups is 1. The third-order valence-corrected chi connectivity index (χ3v) is 6.82. The molecule has 0 saturated carbocycles. The molecule has 0 atom stereocenters. The van der Waals surface area contributed by atoms with Crippen molar-refractivity contribution in [2.75, 3.05) is 0 Å². The van der Waals surface area contributed by atoms with Gasteiger partial charge < -0.3 is 9.50 Å². The van der Waals surface area contributed by atoms with Crippen LogP contribution >= 0.6 is 23.4 Å². The molecular formula is C23H17ClN2O4S2. The highest BCUT2D eigenvalue weighted by molar-refractivity contribution is 8.18. The SMILES string of the molecule is Cc1ccc(S(=O)(=O)Oc2ccc(/C=C3/SC(=Nc4ccc(Cl)cc4)NC3=O)cc2)cc1. The van der Waals surface area contributed by atoms with Gasteiger partial charge in [0.25, 0.3) is 5.91 Å². The Morgan fingerprint density at radius 3 is 2.28 bits per heavy atom. The van der Waals surface area contributed by atoms with E-state index in [0.29, 0.717) is 20.8 Å². The van der Waals surface area contributed by atoms with Crippen molar-refractivity contribution in [3.8, 4) is 5.75 Å². The number of nitrogens with zero attached hydrogens (tertiary/aromatic N) is 1. The van der Waals surface area contributed by atoms with Crippen molar-refractivity contribution in [3.63, 3.8) is 0 Å². The maximum absolute atomic E-state index is 12.4. The number of benzene rings is 3. The van der Waals surface area contributed by atoms with Crippen LogP contribution in [0.1, 0.15) is 11.1 Å². The summed E-state index contributed by atoms with van der Waals surface area (Å²) in [6.45, 7) is 1.87. The molecule has 1 aliphatic heterocycles. The number of halogens is 1. The number of thioether (sulfide) groups is 1. The van der Waals surface area contributed by atoms with Crippen molar-refractivity contribution in [3.05, 3.63) is 93.9 Å². The molecule has 0 unspecified atom stereocenters. The van der Waals surface area contributed by atoms with Crippen molar-refractivity contribution < 1.29 is 17.4 Å². The standard InChI is InChI=1S/C23H17ClN2O4S2/c1-15-2-12-20(13-3-15)32(28,29)30-19-10-4-16(5-11-19)14-21-22(27)26-23(31-21)25-18-8-6-17(24)7-9-18/h2-14H,1H3,(H,25,26,27)/b21-14+. The van der Waals surface area contributed by atoms with Gasteiger partial charge in [0.1, 0.15) is 10.6 Å². The average molecular weight is 485 g/mol. The zero-order chi connectivity index (χ0) is 22.7. The Bertz CT molecular complexity index is 1320. The van der Waals surface area contributed by atoms with Crippen LogP contribution in [0.3, 0.4) is 0 Å². The summed E-state index contributed by atoms with van der Waals surface area (Å²) in [7, 11) is -3.92. The zero-order valence-corrected chi connectivity index (χ0v) is 19.2. The second-order valence-corrected chi connectivity index (χ2v) is 9.89. The molecule has 3 aromatic carbocycles. The molecule has 162 valence electrons.